The van der Waals surface area contributed by atoms with Crippen molar-refractivity contribution < 1.29 is 19.1 Å². The fraction of sp³-hybridized carbons (Fsp3) is 0.278. The van der Waals surface area contributed by atoms with Crippen molar-refractivity contribution in [1.29, 1.82) is 0 Å². The molecule has 0 bridgehead atoms. The van der Waals surface area contributed by atoms with Crippen LogP contribution in [0.4, 0.5) is 11.4 Å². The van der Waals surface area contributed by atoms with E-state index in [-0.39, 0.29) is 11.9 Å². The molecule has 3 heterocycles. The second-order valence-electron chi connectivity index (χ2n) is 11.1. The minimum atomic E-state index is -0.265. The second-order valence-corrected chi connectivity index (χ2v) is 15.0. The number of fused-ring (bicyclic) bond motifs is 1. The topological polar surface area (TPSA) is 62.3 Å². The summed E-state index contributed by atoms with van der Waals surface area (Å²) in [6, 6.07) is 25.1. The number of hydrogen-bond donors (Lipinski definition) is 0. The van der Waals surface area contributed by atoms with E-state index in [9.17, 15) is 9.59 Å². The summed E-state index contributed by atoms with van der Waals surface area (Å²) in [7, 11) is 1.69. The predicted molar refractivity (Wildman–Crippen MR) is 199 cm³/mol. The number of methoxy groups -OCH3 is 1. The Hall–Kier alpha value is -3.51. The minimum absolute atomic E-state index is 0.0838. The van der Waals surface area contributed by atoms with Crippen LogP contribution >= 0.6 is 50.6 Å². The van der Waals surface area contributed by atoms with Gasteiger partial charge in [0.05, 0.1) is 25.1 Å². The first-order chi connectivity index (χ1) is 22.9. The van der Waals surface area contributed by atoms with Gasteiger partial charge in [-0.15, -0.1) is 22.7 Å². The molecular weight excluding hydrogens is 715 g/mol. The summed E-state index contributed by atoms with van der Waals surface area (Å²) in [5.74, 6) is 0.666. The summed E-state index contributed by atoms with van der Waals surface area (Å²) >= 11 is 8.18. The van der Waals surface area contributed by atoms with Gasteiger partial charge in [0.2, 0.25) is 0 Å². The van der Waals surface area contributed by atoms with Gasteiger partial charge in [-0.25, -0.2) is 4.79 Å². The number of esters is 1. The molecule has 2 aromatic heterocycles. The van der Waals surface area contributed by atoms with E-state index in [1.54, 1.807) is 19.1 Å². The number of thiophene rings is 2. The number of aryl methyl sites for hydroxylation is 1. The monoisotopic (exact) mass is 749 g/mol. The highest BCUT2D eigenvalue weighted by atomic mass is 79.9. The molecule has 1 aliphatic heterocycles. The van der Waals surface area contributed by atoms with Crippen LogP contribution in [0.15, 0.2) is 87.5 Å². The molecule has 0 atom stereocenters. The molecule has 0 N–H and O–H groups in total. The minimum Gasteiger partial charge on any atom is -0.497 e. The molecule has 0 spiro atoms. The molecule has 1 saturated heterocycles. The van der Waals surface area contributed by atoms with E-state index in [2.05, 4.69) is 79.7 Å². The van der Waals surface area contributed by atoms with Gasteiger partial charge in [-0.1, -0.05) is 24.3 Å². The fourth-order valence-electron chi connectivity index (χ4n) is 5.73. The average Bonchev–Trinajstić information content (AvgIpc) is 3.68. The number of amides is 1. The highest BCUT2D eigenvalue weighted by Gasteiger charge is 2.27. The van der Waals surface area contributed by atoms with Gasteiger partial charge in [-0.2, -0.15) is 0 Å². The SMILES string of the molecule is CCOC(=O)c1sc2ccc(SN(CCc3cccc(OC)c3)c3ccccc3N3CCN(C(=O)c4sccc4Br)CC3)cc2c1C. The number of carbonyl (C=O) groups is 2. The first-order valence-electron chi connectivity index (χ1n) is 15.5. The molecule has 0 saturated carbocycles. The molecule has 0 unspecified atom stereocenters. The zero-order valence-corrected chi connectivity index (χ0v) is 30.6. The van der Waals surface area contributed by atoms with Crippen LogP contribution in [0.1, 0.15) is 37.4 Å². The molecule has 1 fully saturated rings. The lowest BCUT2D eigenvalue weighted by Crippen LogP contribution is -2.49. The van der Waals surface area contributed by atoms with Crippen LogP contribution in [0.3, 0.4) is 0 Å². The summed E-state index contributed by atoms with van der Waals surface area (Å²) < 4.78 is 15.1. The molecule has 6 rings (SSSR count). The van der Waals surface area contributed by atoms with Gasteiger partial charge in [0, 0.05) is 46.8 Å². The summed E-state index contributed by atoms with van der Waals surface area (Å²) in [5, 5.41) is 3.01. The third kappa shape index (κ3) is 7.48. The highest BCUT2D eigenvalue weighted by Crippen LogP contribution is 2.40. The van der Waals surface area contributed by atoms with Crippen molar-refractivity contribution >= 4 is 83.9 Å². The molecular formula is C36H36BrN3O4S3. The maximum absolute atomic E-state index is 13.2. The van der Waals surface area contributed by atoms with E-state index in [4.69, 9.17) is 9.47 Å². The smallest absolute Gasteiger partial charge is 0.348 e. The van der Waals surface area contributed by atoms with Gasteiger partial charge in [0.25, 0.3) is 5.91 Å². The van der Waals surface area contributed by atoms with E-state index in [1.165, 1.54) is 28.2 Å². The molecule has 0 aliphatic carbocycles. The zero-order chi connectivity index (χ0) is 32.9. The van der Waals surface area contributed by atoms with Crippen molar-refractivity contribution in [1.82, 2.24) is 4.90 Å². The zero-order valence-electron chi connectivity index (χ0n) is 26.5. The third-order valence-electron chi connectivity index (χ3n) is 8.19. The van der Waals surface area contributed by atoms with E-state index in [1.807, 2.05) is 42.3 Å². The maximum Gasteiger partial charge on any atom is 0.348 e. The normalized spacial score (nSPS) is 13.2. The standard InChI is InChI=1S/C36H36BrN3O4S3/c1-4-44-36(42)33-24(2)28-23-27(12-13-32(28)46-33)47-40(16-14-25-8-7-9-26(22-25)43-3)31-11-6-5-10-30(31)38-17-19-39(20-18-38)35(41)34-29(37)15-21-45-34/h5-13,15,21-23H,4,14,16-20H2,1-3H3. The van der Waals surface area contributed by atoms with Crippen LogP contribution in [-0.2, 0) is 11.2 Å². The molecule has 1 amide bonds. The number of rotatable bonds is 11. The summed E-state index contributed by atoms with van der Waals surface area (Å²) in [6.07, 6.45) is 0.823. The summed E-state index contributed by atoms with van der Waals surface area (Å²) in [4.78, 5) is 32.7. The van der Waals surface area contributed by atoms with Crippen molar-refractivity contribution in [3.05, 3.63) is 104 Å². The third-order valence-corrected chi connectivity index (χ3v) is 12.3. The number of carbonyl (C=O) groups excluding carboxylic acids is 2. The predicted octanol–water partition coefficient (Wildman–Crippen LogP) is 8.94. The Balaban J connectivity index is 1.27. The first-order valence-corrected chi connectivity index (χ1v) is 18.8. The van der Waals surface area contributed by atoms with E-state index in [0.29, 0.717) is 24.6 Å². The lowest BCUT2D eigenvalue weighted by Gasteiger charge is -2.38. The number of benzene rings is 3. The molecule has 3 aromatic carbocycles. The fourth-order valence-corrected chi connectivity index (χ4v) is 9.31. The number of nitrogens with zero attached hydrogens (tertiary/aromatic N) is 3. The number of hydrogen-bond acceptors (Lipinski definition) is 9. The summed E-state index contributed by atoms with van der Waals surface area (Å²) in [5.41, 5.74) is 4.42. The largest absolute Gasteiger partial charge is 0.497 e. The van der Waals surface area contributed by atoms with Crippen LogP contribution in [0.2, 0.25) is 0 Å². The van der Waals surface area contributed by atoms with Crippen molar-refractivity contribution in [3.63, 3.8) is 0 Å². The first kappa shape index (κ1) is 33.4. The van der Waals surface area contributed by atoms with Crippen LogP contribution in [-0.4, -0.2) is 63.2 Å². The van der Waals surface area contributed by atoms with Crippen molar-refractivity contribution in [2.75, 3.05) is 55.6 Å². The van der Waals surface area contributed by atoms with Crippen molar-refractivity contribution in [2.45, 2.75) is 25.2 Å². The average molecular weight is 751 g/mol. The molecule has 0 radical (unpaired) electrons. The van der Waals surface area contributed by atoms with Gasteiger partial charge in [0.1, 0.15) is 15.5 Å². The quantitative estimate of drug-likeness (QED) is 0.0988. The Kier molecular flexibility index (Phi) is 10.8. The van der Waals surface area contributed by atoms with Crippen molar-refractivity contribution in [2.24, 2.45) is 0 Å². The van der Waals surface area contributed by atoms with E-state index in [0.717, 1.165) is 73.1 Å². The molecule has 1 aliphatic rings. The maximum atomic E-state index is 13.2. The number of para-hydroxylation sites is 2. The number of halogens is 1. The van der Waals surface area contributed by atoms with Crippen molar-refractivity contribution in [3.8, 4) is 5.75 Å². The Morgan fingerprint density at radius 3 is 2.53 bits per heavy atom. The van der Waals surface area contributed by atoms with Crippen LogP contribution in [0.5, 0.6) is 5.75 Å². The van der Waals surface area contributed by atoms with Gasteiger partial charge < -0.3 is 23.6 Å². The van der Waals surface area contributed by atoms with Gasteiger partial charge >= 0.3 is 5.97 Å². The van der Waals surface area contributed by atoms with Crippen LogP contribution in [0, 0.1) is 6.92 Å². The Labute approximate surface area is 296 Å². The Bertz CT molecular complexity index is 1880. The second kappa shape index (κ2) is 15.1. The van der Waals surface area contributed by atoms with E-state index >= 15 is 0 Å². The lowest BCUT2D eigenvalue weighted by atomic mass is 10.1. The van der Waals surface area contributed by atoms with Crippen LogP contribution < -0.4 is 13.9 Å². The van der Waals surface area contributed by atoms with E-state index < -0.39 is 0 Å². The highest BCUT2D eigenvalue weighted by molar-refractivity contribution is 9.10. The molecule has 11 heteroatoms. The molecule has 5 aromatic rings. The molecule has 244 valence electrons. The van der Waals surface area contributed by atoms with Gasteiger partial charge in [0.15, 0.2) is 0 Å². The Morgan fingerprint density at radius 2 is 1.79 bits per heavy atom. The lowest BCUT2D eigenvalue weighted by molar-refractivity contribution is 0.0531. The number of piperazine rings is 1. The number of anilines is 2. The molecule has 7 nitrogen and oxygen atoms in total. The molecule has 47 heavy (non-hydrogen) atoms. The van der Waals surface area contributed by atoms with Gasteiger partial charge in [-0.3, -0.25) is 4.79 Å². The Morgan fingerprint density at radius 1 is 0.979 bits per heavy atom. The number of ether oxygens (including phenoxy) is 2. The summed E-state index contributed by atoms with van der Waals surface area (Å²) in [6.45, 7) is 7.75. The van der Waals surface area contributed by atoms with Gasteiger partial charge in [-0.05, 0) is 119 Å². The van der Waals surface area contributed by atoms with Crippen LogP contribution in [0.25, 0.3) is 10.1 Å².